The molecule has 0 bridgehead atoms. The summed E-state index contributed by atoms with van der Waals surface area (Å²) in [5.74, 6) is 1.72. The van der Waals surface area contributed by atoms with Crippen LogP contribution in [0.25, 0.3) is 43.5 Å². The molecule has 1 aromatic heterocycles. The van der Waals surface area contributed by atoms with Gasteiger partial charge in [-0.3, -0.25) is 0 Å². The van der Waals surface area contributed by atoms with Crippen molar-refractivity contribution in [3.8, 4) is 11.5 Å². The smallest absolute Gasteiger partial charge is 0.136 e. The van der Waals surface area contributed by atoms with E-state index in [1.807, 2.05) is 24.3 Å². The molecule has 0 spiro atoms. The highest BCUT2D eigenvalue weighted by Gasteiger charge is 2.14. The number of furan rings is 1. The van der Waals surface area contributed by atoms with Crippen LogP contribution in [0.3, 0.4) is 0 Å². The van der Waals surface area contributed by atoms with Crippen molar-refractivity contribution in [3.63, 3.8) is 0 Å². The van der Waals surface area contributed by atoms with Crippen molar-refractivity contribution in [2.45, 2.75) is 38.5 Å². The van der Waals surface area contributed by atoms with E-state index in [-0.39, 0.29) is 13.2 Å². The lowest BCUT2D eigenvalue weighted by molar-refractivity contribution is 0.266. The van der Waals surface area contributed by atoms with Crippen molar-refractivity contribution in [1.82, 2.24) is 0 Å². The average Bonchev–Trinajstić information content (AvgIpc) is 3.28. The first kappa shape index (κ1) is 23.5. The summed E-state index contributed by atoms with van der Waals surface area (Å²) in [6, 6.07) is 20.7. The van der Waals surface area contributed by atoms with Gasteiger partial charge in [0.05, 0.1) is 13.2 Å². The Hall–Kier alpha value is -3.28. The number of aliphatic hydroxyl groups excluding tert-OH is 2. The summed E-state index contributed by atoms with van der Waals surface area (Å²) in [6.45, 7) is 1.77. The molecule has 0 amide bonds. The molecule has 0 aliphatic rings. The number of unbranched alkanes of at least 4 members (excludes halogenated alkanes) is 4. The fourth-order valence-electron chi connectivity index (χ4n) is 4.72. The van der Waals surface area contributed by atoms with Crippen LogP contribution in [0.15, 0.2) is 65.1 Å². The van der Waals surface area contributed by atoms with Crippen LogP contribution in [0.4, 0.5) is 0 Å². The maximum atomic E-state index is 8.92. The van der Waals surface area contributed by atoms with E-state index in [4.69, 9.17) is 24.1 Å². The van der Waals surface area contributed by atoms with E-state index < -0.39 is 0 Å². The molecule has 0 radical (unpaired) electrons. The zero-order chi connectivity index (χ0) is 24.0. The van der Waals surface area contributed by atoms with Crippen molar-refractivity contribution in [2.75, 3.05) is 26.4 Å². The summed E-state index contributed by atoms with van der Waals surface area (Å²) < 4.78 is 18.1. The summed E-state index contributed by atoms with van der Waals surface area (Å²) in [6.07, 6.45) is 5.44. The van der Waals surface area contributed by atoms with Crippen LogP contribution < -0.4 is 9.47 Å². The molecule has 1 heterocycles. The third-order valence-corrected chi connectivity index (χ3v) is 6.52. The summed E-state index contributed by atoms with van der Waals surface area (Å²) in [4.78, 5) is 0. The molecular weight excluding hydrogens is 440 g/mol. The Morgan fingerprint density at radius 3 is 1.49 bits per heavy atom. The average molecular weight is 473 g/mol. The van der Waals surface area contributed by atoms with Gasteiger partial charge in [-0.25, -0.2) is 0 Å². The second-order valence-electron chi connectivity index (χ2n) is 9.01. The van der Waals surface area contributed by atoms with E-state index in [2.05, 4.69) is 36.4 Å². The molecule has 0 aliphatic heterocycles. The molecule has 182 valence electrons. The molecule has 2 N–H and O–H groups in total. The predicted octanol–water partition coefficient (Wildman–Crippen LogP) is 6.98. The van der Waals surface area contributed by atoms with Crippen LogP contribution >= 0.6 is 0 Å². The van der Waals surface area contributed by atoms with E-state index in [1.165, 1.54) is 0 Å². The molecule has 4 aromatic carbocycles. The van der Waals surface area contributed by atoms with E-state index >= 15 is 0 Å². The number of benzene rings is 4. The predicted molar refractivity (Wildman–Crippen MR) is 142 cm³/mol. The van der Waals surface area contributed by atoms with Crippen LogP contribution in [-0.4, -0.2) is 36.6 Å². The highest BCUT2D eigenvalue weighted by atomic mass is 16.5. The fraction of sp³-hybridized carbons (Fsp3) is 0.333. The Kier molecular flexibility index (Phi) is 7.36. The summed E-state index contributed by atoms with van der Waals surface area (Å²) in [5.41, 5.74) is 1.75. The van der Waals surface area contributed by atoms with Gasteiger partial charge in [-0.15, -0.1) is 0 Å². The number of fused-ring (bicyclic) bond motifs is 7. The van der Waals surface area contributed by atoms with Crippen LogP contribution in [-0.2, 0) is 0 Å². The molecule has 0 aliphatic carbocycles. The monoisotopic (exact) mass is 472 g/mol. The van der Waals surface area contributed by atoms with E-state index in [9.17, 15) is 0 Å². The van der Waals surface area contributed by atoms with Crippen molar-refractivity contribution in [3.05, 3.63) is 60.7 Å². The van der Waals surface area contributed by atoms with Crippen molar-refractivity contribution in [2.24, 2.45) is 0 Å². The van der Waals surface area contributed by atoms with Crippen LogP contribution in [0.1, 0.15) is 38.5 Å². The summed E-state index contributed by atoms with van der Waals surface area (Å²) >= 11 is 0. The van der Waals surface area contributed by atoms with Gasteiger partial charge >= 0.3 is 0 Å². The van der Waals surface area contributed by atoms with Gasteiger partial charge in [0.2, 0.25) is 0 Å². The number of aliphatic hydroxyl groups is 2. The number of ether oxygens (including phenoxy) is 2. The SMILES string of the molecule is OCCCCCOc1ccc2c(ccc3oc4ccc5cc(OCCCCCO)ccc5c4c32)c1. The van der Waals surface area contributed by atoms with Gasteiger partial charge in [0, 0.05) is 24.0 Å². The van der Waals surface area contributed by atoms with Gasteiger partial charge in [0.1, 0.15) is 22.7 Å². The third-order valence-electron chi connectivity index (χ3n) is 6.52. The normalized spacial score (nSPS) is 11.7. The zero-order valence-corrected chi connectivity index (χ0v) is 20.0. The van der Waals surface area contributed by atoms with E-state index in [0.717, 1.165) is 93.5 Å². The molecule has 0 unspecified atom stereocenters. The minimum Gasteiger partial charge on any atom is -0.494 e. The Labute approximate surface area is 204 Å². The zero-order valence-electron chi connectivity index (χ0n) is 20.0. The quantitative estimate of drug-likeness (QED) is 0.192. The molecule has 0 saturated carbocycles. The molecule has 5 nitrogen and oxygen atoms in total. The largest absolute Gasteiger partial charge is 0.494 e. The van der Waals surface area contributed by atoms with Crippen LogP contribution in [0.2, 0.25) is 0 Å². The van der Waals surface area contributed by atoms with Crippen molar-refractivity contribution in [1.29, 1.82) is 0 Å². The van der Waals surface area contributed by atoms with Crippen LogP contribution in [0, 0.1) is 0 Å². The number of hydrogen-bond donors (Lipinski definition) is 2. The van der Waals surface area contributed by atoms with Gasteiger partial charge in [-0.05, 0) is 109 Å². The fourth-order valence-corrected chi connectivity index (χ4v) is 4.72. The number of rotatable bonds is 12. The first-order chi connectivity index (χ1) is 17.3. The van der Waals surface area contributed by atoms with Crippen molar-refractivity contribution < 1.29 is 24.1 Å². The Bertz CT molecular complexity index is 1330. The maximum Gasteiger partial charge on any atom is 0.136 e. The lowest BCUT2D eigenvalue weighted by Gasteiger charge is -2.09. The van der Waals surface area contributed by atoms with Crippen LogP contribution in [0.5, 0.6) is 11.5 Å². The minimum atomic E-state index is 0.235. The highest BCUT2D eigenvalue weighted by Crippen LogP contribution is 2.40. The Morgan fingerprint density at radius 2 is 1.03 bits per heavy atom. The minimum absolute atomic E-state index is 0.235. The van der Waals surface area contributed by atoms with Gasteiger partial charge < -0.3 is 24.1 Å². The number of hydrogen-bond acceptors (Lipinski definition) is 5. The molecule has 35 heavy (non-hydrogen) atoms. The second kappa shape index (κ2) is 11.0. The van der Waals surface area contributed by atoms with E-state index in [1.54, 1.807) is 0 Å². The van der Waals surface area contributed by atoms with E-state index in [0.29, 0.717) is 13.2 Å². The topological polar surface area (TPSA) is 72.1 Å². The molecule has 0 saturated heterocycles. The molecular formula is C30H32O5. The van der Waals surface area contributed by atoms with Gasteiger partial charge in [-0.2, -0.15) is 0 Å². The lowest BCUT2D eigenvalue weighted by atomic mass is 9.99. The molecule has 5 aromatic rings. The summed E-state index contributed by atoms with van der Waals surface area (Å²) in [5, 5.41) is 24.6. The Balaban J connectivity index is 1.46. The second-order valence-corrected chi connectivity index (χ2v) is 9.01. The molecule has 5 rings (SSSR count). The lowest BCUT2D eigenvalue weighted by Crippen LogP contribution is -1.98. The first-order valence-electron chi connectivity index (χ1n) is 12.6. The molecule has 5 heteroatoms. The van der Waals surface area contributed by atoms with Gasteiger partial charge in [0.25, 0.3) is 0 Å². The van der Waals surface area contributed by atoms with Gasteiger partial charge in [-0.1, -0.05) is 12.1 Å². The molecule has 0 atom stereocenters. The third kappa shape index (κ3) is 5.07. The standard InChI is InChI=1S/C30H32O5/c31-15-3-1-5-17-33-23-9-11-25-21(19-23)7-13-27-29(25)30-26-12-10-24(34-18-6-2-4-16-32)20-22(26)8-14-28(30)35-27/h7-14,19-20,31-32H,1-6,15-18H2. The Morgan fingerprint density at radius 1 is 0.543 bits per heavy atom. The maximum absolute atomic E-state index is 8.92. The highest BCUT2D eigenvalue weighted by molar-refractivity contribution is 6.26. The first-order valence-corrected chi connectivity index (χ1v) is 12.6. The van der Waals surface area contributed by atoms with Gasteiger partial charge in [0.15, 0.2) is 0 Å². The molecule has 0 fully saturated rings. The van der Waals surface area contributed by atoms with Crippen molar-refractivity contribution >= 4 is 43.5 Å². The summed E-state index contributed by atoms with van der Waals surface area (Å²) in [7, 11) is 0.